The first kappa shape index (κ1) is 13.7. The molecule has 0 saturated carbocycles. The van der Waals surface area contributed by atoms with Gasteiger partial charge in [-0.25, -0.2) is 0 Å². The molecule has 20 heavy (non-hydrogen) atoms. The quantitative estimate of drug-likeness (QED) is 0.858. The lowest BCUT2D eigenvalue weighted by Crippen LogP contribution is -1.89. The summed E-state index contributed by atoms with van der Waals surface area (Å²) in [7, 11) is 1.53. The molecule has 2 rings (SSSR count). The molecule has 0 radical (unpaired) electrons. The summed E-state index contributed by atoms with van der Waals surface area (Å²) in [6, 6.07) is 13.5. The van der Waals surface area contributed by atoms with Crippen molar-refractivity contribution in [3.05, 3.63) is 52.5 Å². The third kappa shape index (κ3) is 3.20. The summed E-state index contributed by atoms with van der Waals surface area (Å²) in [5.41, 5.74) is 0.709. The Morgan fingerprint density at radius 1 is 0.850 bits per heavy atom. The van der Waals surface area contributed by atoms with E-state index in [0.29, 0.717) is 33.4 Å². The van der Waals surface area contributed by atoms with E-state index in [1.807, 2.05) is 12.1 Å². The predicted molar refractivity (Wildman–Crippen MR) is 74.0 cm³/mol. The third-order valence-electron chi connectivity index (χ3n) is 2.48. The Morgan fingerprint density at radius 3 is 1.95 bits per heavy atom. The number of hydrogen-bond donors (Lipinski definition) is 0. The maximum Gasteiger partial charge on any atom is 0.132 e. The van der Waals surface area contributed by atoms with E-state index in [1.165, 1.54) is 13.2 Å². The van der Waals surface area contributed by atoms with E-state index in [9.17, 15) is 0 Å². The Labute approximate surface area is 121 Å². The fraction of sp³-hybridized carbons (Fsp3) is 0.0667. The van der Waals surface area contributed by atoms with Crippen LogP contribution in [0.2, 0.25) is 5.02 Å². The van der Waals surface area contributed by atoms with Crippen LogP contribution in [0.25, 0.3) is 0 Å². The van der Waals surface area contributed by atoms with Gasteiger partial charge >= 0.3 is 0 Å². The Morgan fingerprint density at radius 2 is 1.40 bits per heavy atom. The van der Waals surface area contributed by atoms with Crippen LogP contribution in [0.5, 0.6) is 17.2 Å². The van der Waals surface area contributed by atoms with Crippen LogP contribution in [-0.4, -0.2) is 7.11 Å². The molecule has 0 aliphatic heterocycles. The van der Waals surface area contributed by atoms with Gasteiger partial charge in [0.25, 0.3) is 0 Å². The minimum Gasteiger partial charge on any atom is -0.497 e. The van der Waals surface area contributed by atoms with Gasteiger partial charge in [0, 0.05) is 11.1 Å². The molecule has 0 fully saturated rings. The molecule has 0 spiro atoms. The molecule has 0 unspecified atom stereocenters. The number of nitrogens with zero attached hydrogens (tertiary/aromatic N) is 2. The molecule has 4 nitrogen and oxygen atoms in total. The number of nitriles is 2. The van der Waals surface area contributed by atoms with Gasteiger partial charge in [-0.05, 0) is 30.3 Å². The highest BCUT2D eigenvalue weighted by Gasteiger charge is 2.05. The summed E-state index contributed by atoms with van der Waals surface area (Å²) in [5.74, 6) is 1.42. The molecular weight excluding hydrogens is 276 g/mol. The normalized spacial score (nSPS) is 9.40. The highest BCUT2D eigenvalue weighted by Crippen LogP contribution is 2.30. The van der Waals surface area contributed by atoms with Crippen molar-refractivity contribution in [3.63, 3.8) is 0 Å². The van der Waals surface area contributed by atoms with Gasteiger partial charge in [0.1, 0.15) is 17.2 Å². The van der Waals surface area contributed by atoms with Crippen LogP contribution in [0.4, 0.5) is 0 Å². The molecule has 0 aliphatic rings. The summed E-state index contributed by atoms with van der Waals surface area (Å²) >= 11 is 5.95. The van der Waals surface area contributed by atoms with Gasteiger partial charge in [0.15, 0.2) is 0 Å². The molecule has 0 heterocycles. The van der Waals surface area contributed by atoms with Crippen molar-refractivity contribution in [3.8, 4) is 29.4 Å². The lowest BCUT2D eigenvalue weighted by Gasteiger charge is -2.09. The van der Waals surface area contributed by atoms with Gasteiger partial charge in [-0.1, -0.05) is 11.6 Å². The summed E-state index contributed by atoms with van der Waals surface area (Å²) < 4.78 is 10.7. The van der Waals surface area contributed by atoms with Crippen molar-refractivity contribution >= 4 is 11.6 Å². The molecule has 0 atom stereocenters. The van der Waals surface area contributed by atoms with Gasteiger partial charge in [-0.3, -0.25) is 0 Å². The van der Waals surface area contributed by atoms with Crippen molar-refractivity contribution in [1.82, 2.24) is 0 Å². The number of hydrogen-bond acceptors (Lipinski definition) is 4. The Kier molecular flexibility index (Phi) is 4.10. The van der Waals surface area contributed by atoms with Crippen molar-refractivity contribution in [2.45, 2.75) is 0 Å². The second kappa shape index (κ2) is 5.97. The van der Waals surface area contributed by atoms with Crippen LogP contribution < -0.4 is 9.47 Å². The highest BCUT2D eigenvalue weighted by atomic mass is 35.5. The highest BCUT2D eigenvalue weighted by molar-refractivity contribution is 6.30. The molecule has 0 bridgehead atoms. The molecule has 2 aromatic carbocycles. The Hall–Kier alpha value is -2.69. The number of rotatable bonds is 3. The number of methoxy groups -OCH3 is 1. The standard InChI is InChI=1S/C15H9ClN2O2/c1-19-13-5-12(16)6-15(7-13)20-14-3-10(8-17)2-11(4-14)9-18/h2-7H,1H3. The molecule has 0 aromatic heterocycles. The first-order valence-electron chi connectivity index (χ1n) is 5.62. The summed E-state index contributed by atoms with van der Waals surface area (Å²) in [5, 5.41) is 18.3. The summed E-state index contributed by atoms with van der Waals surface area (Å²) in [4.78, 5) is 0. The third-order valence-corrected chi connectivity index (χ3v) is 2.70. The van der Waals surface area contributed by atoms with Crippen molar-refractivity contribution in [1.29, 1.82) is 10.5 Å². The van der Waals surface area contributed by atoms with Gasteiger partial charge in [-0.15, -0.1) is 0 Å². The van der Waals surface area contributed by atoms with Crippen molar-refractivity contribution in [2.24, 2.45) is 0 Å². The van der Waals surface area contributed by atoms with E-state index in [2.05, 4.69) is 0 Å². The lowest BCUT2D eigenvalue weighted by molar-refractivity contribution is 0.409. The molecule has 98 valence electrons. The molecular formula is C15H9ClN2O2. The van der Waals surface area contributed by atoms with E-state index in [0.717, 1.165) is 0 Å². The van der Waals surface area contributed by atoms with Crippen molar-refractivity contribution in [2.75, 3.05) is 7.11 Å². The zero-order chi connectivity index (χ0) is 14.5. The van der Waals surface area contributed by atoms with Crippen LogP contribution in [0.15, 0.2) is 36.4 Å². The molecule has 0 aliphatic carbocycles. The van der Waals surface area contributed by atoms with Crippen LogP contribution in [-0.2, 0) is 0 Å². The van der Waals surface area contributed by atoms with Gasteiger partial charge in [-0.2, -0.15) is 10.5 Å². The van der Waals surface area contributed by atoms with Gasteiger partial charge < -0.3 is 9.47 Å². The molecule has 0 N–H and O–H groups in total. The summed E-state index contributed by atoms with van der Waals surface area (Å²) in [6.45, 7) is 0. The lowest BCUT2D eigenvalue weighted by atomic mass is 10.1. The SMILES string of the molecule is COc1cc(Cl)cc(Oc2cc(C#N)cc(C#N)c2)c1. The molecule has 2 aromatic rings. The maximum absolute atomic E-state index is 8.92. The van der Waals surface area contributed by atoms with Gasteiger partial charge in [0.2, 0.25) is 0 Å². The minimum atomic E-state index is 0.355. The number of benzene rings is 2. The molecule has 5 heteroatoms. The van der Waals surface area contributed by atoms with E-state index in [4.69, 9.17) is 31.6 Å². The second-order valence-electron chi connectivity index (χ2n) is 3.90. The molecule has 0 saturated heterocycles. The summed E-state index contributed by atoms with van der Waals surface area (Å²) in [6.07, 6.45) is 0. The zero-order valence-corrected chi connectivity index (χ0v) is 11.3. The predicted octanol–water partition coefficient (Wildman–Crippen LogP) is 3.88. The number of halogens is 1. The minimum absolute atomic E-state index is 0.355. The first-order valence-corrected chi connectivity index (χ1v) is 6.00. The average Bonchev–Trinajstić information content (AvgIpc) is 2.46. The number of ether oxygens (including phenoxy) is 2. The Bertz CT molecular complexity index is 697. The van der Waals surface area contributed by atoms with Crippen LogP contribution in [0.3, 0.4) is 0 Å². The van der Waals surface area contributed by atoms with Crippen LogP contribution >= 0.6 is 11.6 Å². The second-order valence-corrected chi connectivity index (χ2v) is 4.33. The fourth-order valence-electron chi connectivity index (χ4n) is 1.64. The van der Waals surface area contributed by atoms with E-state index < -0.39 is 0 Å². The average molecular weight is 285 g/mol. The fourth-order valence-corrected chi connectivity index (χ4v) is 1.85. The molecule has 0 amide bonds. The monoisotopic (exact) mass is 284 g/mol. The van der Waals surface area contributed by atoms with Crippen LogP contribution in [0.1, 0.15) is 11.1 Å². The topological polar surface area (TPSA) is 66.0 Å². The zero-order valence-electron chi connectivity index (χ0n) is 10.6. The largest absolute Gasteiger partial charge is 0.497 e. The maximum atomic E-state index is 8.92. The Balaban J connectivity index is 2.37. The van der Waals surface area contributed by atoms with E-state index in [1.54, 1.807) is 30.3 Å². The van der Waals surface area contributed by atoms with Crippen LogP contribution in [0, 0.1) is 22.7 Å². The smallest absolute Gasteiger partial charge is 0.132 e. The van der Waals surface area contributed by atoms with Gasteiger partial charge in [0.05, 0.1) is 30.4 Å². The van der Waals surface area contributed by atoms with E-state index >= 15 is 0 Å². The first-order chi connectivity index (χ1) is 9.64. The van der Waals surface area contributed by atoms with E-state index in [-0.39, 0.29) is 0 Å². The van der Waals surface area contributed by atoms with Crippen molar-refractivity contribution < 1.29 is 9.47 Å².